The summed E-state index contributed by atoms with van der Waals surface area (Å²) in [6.45, 7) is 15.8. The van der Waals surface area contributed by atoms with E-state index < -0.39 is 34.3 Å². The molecule has 12 rings (SSSR count). The van der Waals surface area contributed by atoms with Crippen LogP contribution in [0.25, 0.3) is 0 Å². The van der Waals surface area contributed by atoms with Gasteiger partial charge in [-0.05, 0) is 169 Å². The summed E-state index contributed by atoms with van der Waals surface area (Å²) in [5, 5.41) is 22.8. The molecule has 0 heterocycles. The molecule has 0 aromatic rings. The number of ether oxygens (including phenoxy) is 4. The van der Waals surface area contributed by atoms with Gasteiger partial charge < -0.3 is 29.2 Å². The minimum absolute atomic E-state index is 0.0333. The number of rotatable bonds is 13. The molecule has 12 bridgehead atoms. The van der Waals surface area contributed by atoms with Crippen molar-refractivity contribution in [2.45, 2.75) is 152 Å². The third kappa shape index (κ3) is 6.51. The Morgan fingerprint density at radius 3 is 1.70 bits per heavy atom. The average Bonchev–Trinajstić information content (AvgIpc) is 3.08. The maximum Gasteiger partial charge on any atom is 0.333 e. The van der Waals surface area contributed by atoms with Gasteiger partial charge in [0.1, 0.15) is 16.8 Å². The highest BCUT2D eigenvalue weighted by Crippen LogP contribution is 2.67. The zero-order chi connectivity index (χ0) is 39.6. The van der Waals surface area contributed by atoms with Crippen LogP contribution in [0.3, 0.4) is 0 Å². The molecule has 0 radical (unpaired) electrons. The Labute approximate surface area is 331 Å². The van der Waals surface area contributed by atoms with E-state index in [-0.39, 0.29) is 64.9 Å². The van der Waals surface area contributed by atoms with E-state index in [9.17, 15) is 29.4 Å². The fourth-order valence-electron chi connectivity index (χ4n) is 16.0. The quantitative estimate of drug-likeness (QED) is 0.116. The molecule has 306 valence electrons. The van der Waals surface area contributed by atoms with Crippen LogP contribution >= 0.6 is 0 Å². The number of hydrogen-bond acceptors (Lipinski definition) is 10. The van der Waals surface area contributed by atoms with Crippen molar-refractivity contribution in [3.8, 4) is 0 Å². The van der Waals surface area contributed by atoms with Crippen LogP contribution < -0.4 is 0 Å². The van der Waals surface area contributed by atoms with Gasteiger partial charge in [0.05, 0.1) is 12.2 Å². The van der Waals surface area contributed by atoms with Crippen molar-refractivity contribution in [2.24, 2.45) is 58.2 Å². The number of carbonyl (C=O) groups excluding carboxylic acids is 4. The van der Waals surface area contributed by atoms with E-state index in [1.165, 1.54) is 6.92 Å². The first kappa shape index (κ1) is 38.5. The van der Waals surface area contributed by atoms with Crippen molar-refractivity contribution >= 4 is 23.9 Å². The Kier molecular flexibility index (Phi) is 8.95. The Bertz CT molecular complexity index is 1730. The normalized spacial score (nSPS) is 47.0. The van der Waals surface area contributed by atoms with E-state index in [2.05, 4.69) is 19.7 Å². The van der Waals surface area contributed by atoms with E-state index in [0.29, 0.717) is 86.5 Å². The lowest BCUT2D eigenvalue weighted by molar-refractivity contribution is -0.241. The molecule has 0 spiro atoms. The van der Waals surface area contributed by atoms with Gasteiger partial charge >= 0.3 is 23.9 Å². The highest BCUT2D eigenvalue weighted by atomic mass is 16.6. The van der Waals surface area contributed by atoms with Crippen molar-refractivity contribution in [1.29, 1.82) is 0 Å². The molecule has 0 aliphatic heterocycles. The molecule has 12 aliphatic carbocycles. The fraction of sp³-hybridized carbons (Fsp3) is 0.783. The number of carbonyl (C=O) groups is 4. The number of esters is 4. The molecule has 12 aliphatic rings. The minimum atomic E-state index is -1.04. The second-order valence-corrected chi connectivity index (χ2v) is 21.6. The van der Waals surface area contributed by atoms with Crippen LogP contribution in [-0.4, -0.2) is 69.7 Å². The number of hydrogen-bond donors (Lipinski definition) is 2. The van der Waals surface area contributed by atoms with E-state index in [1.807, 2.05) is 0 Å². The molecule has 10 heteroatoms. The van der Waals surface area contributed by atoms with Crippen LogP contribution in [0.5, 0.6) is 0 Å². The topological polar surface area (TPSA) is 146 Å². The smallest absolute Gasteiger partial charge is 0.333 e. The van der Waals surface area contributed by atoms with Crippen molar-refractivity contribution in [1.82, 2.24) is 0 Å². The maximum atomic E-state index is 14.0. The predicted octanol–water partition coefficient (Wildman–Crippen LogP) is 6.85. The molecule has 2 N–H and O–H groups in total. The molecule has 10 nitrogen and oxygen atoms in total. The Hall–Kier alpha value is -2.98. The highest BCUT2D eigenvalue weighted by molar-refractivity contribution is 5.89. The van der Waals surface area contributed by atoms with Gasteiger partial charge in [0.15, 0.2) is 0 Å². The molecule has 0 saturated heterocycles. The molecular weight excluding hydrogens is 712 g/mol. The zero-order valence-corrected chi connectivity index (χ0v) is 33.5. The monoisotopic (exact) mass is 774 g/mol. The van der Waals surface area contributed by atoms with Gasteiger partial charge in [0.2, 0.25) is 0 Å². The minimum Gasteiger partial charge on any atom is -0.465 e. The lowest BCUT2D eigenvalue weighted by Gasteiger charge is -2.64. The highest BCUT2D eigenvalue weighted by Gasteiger charge is 2.66. The third-order valence-corrected chi connectivity index (χ3v) is 16.9. The lowest BCUT2D eigenvalue weighted by atomic mass is 9.44. The van der Waals surface area contributed by atoms with Gasteiger partial charge in [-0.25, -0.2) is 14.4 Å². The number of aliphatic hydroxyl groups is 2. The molecule has 0 aromatic heterocycles. The fourth-order valence-corrected chi connectivity index (χ4v) is 16.0. The molecule has 9 atom stereocenters. The molecule has 12 saturated carbocycles. The van der Waals surface area contributed by atoms with Gasteiger partial charge in [0.25, 0.3) is 0 Å². The summed E-state index contributed by atoms with van der Waals surface area (Å²) in [5.74, 6) is 0.293. The molecule has 56 heavy (non-hydrogen) atoms. The van der Waals surface area contributed by atoms with Crippen LogP contribution in [0, 0.1) is 58.2 Å². The van der Waals surface area contributed by atoms with Crippen LogP contribution in [-0.2, 0) is 38.1 Å². The first-order chi connectivity index (χ1) is 26.4. The van der Waals surface area contributed by atoms with Crippen LogP contribution in [0.2, 0.25) is 0 Å². The summed E-state index contributed by atoms with van der Waals surface area (Å²) in [6.07, 6.45) is 13.5. The van der Waals surface area contributed by atoms with E-state index in [0.717, 1.165) is 64.2 Å². The lowest BCUT2D eigenvalue weighted by Crippen LogP contribution is -2.65. The summed E-state index contributed by atoms with van der Waals surface area (Å²) in [7, 11) is 0. The maximum absolute atomic E-state index is 14.0. The summed E-state index contributed by atoms with van der Waals surface area (Å²) < 4.78 is 24.5. The molecule has 12 fully saturated rings. The molecule has 0 amide bonds. The van der Waals surface area contributed by atoms with E-state index in [4.69, 9.17) is 18.9 Å². The summed E-state index contributed by atoms with van der Waals surface area (Å²) in [6, 6.07) is 0. The Morgan fingerprint density at radius 1 is 0.607 bits per heavy atom. The SMILES string of the molecule is C=C(C)C(=O)OC12CC3CC(C1)C(CC(=C)C(=O)OC14CC5CC(CO)(CC(C1)C5CC(=C)C(=O)OC15CC6CC(CC(COC(C)=O)(C6)C1)C5)C4)C(O)(C3)C2. The molecule has 0 aromatic carbocycles. The van der Waals surface area contributed by atoms with Crippen molar-refractivity contribution < 1.29 is 48.3 Å². The van der Waals surface area contributed by atoms with Crippen molar-refractivity contribution in [2.75, 3.05) is 13.2 Å². The Balaban J connectivity index is 0.837. The summed E-state index contributed by atoms with van der Waals surface area (Å²) in [5.41, 5.74) is -2.18. The first-order valence-electron chi connectivity index (χ1n) is 21.5. The first-order valence-corrected chi connectivity index (χ1v) is 21.5. The van der Waals surface area contributed by atoms with Crippen LogP contribution in [0.15, 0.2) is 36.5 Å². The van der Waals surface area contributed by atoms with Gasteiger partial charge in [-0.2, -0.15) is 0 Å². The van der Waals surface area contributed by atoms with Crippen LogP contribution in [0.4, 0.5) is 0 Å². The summed E-state index contributed by atoms with van der Waals surface area (Å²) >= 11 is 0. The van der Waals surface area contributed by atoms with E-state index >= 15 is 0 Å². The predicted molar refractivity (Wildman–Crippen MR) is 204 cm³/mol. The molecule has 9 unspecified atom stereocenters. The van der Waals surface area contributed by atoms with Crippen molar-refractivity contribution in [3.05, 3.63) is 36.5 Å². The third-order valence-electron chi connectivity index (χ3n) is 16.9. The number of aliphatic hydroxyl groups excluding tert-OH is 1. The van der Waals surface area contributed by atoms with E-state index in [1.54, 1.807) is 6.92 Å². The van der Waals surface area contributed by atoms with Crippen LogP contribution in [0.1, 0.15) is 129 Å². The molecular formula is C46H62O10. The second-order valence-electron chi connectivity index (χ2n) is 21.6. The second kappa shape index (κ2) is 13.0. The average molecular weight is 775 g/mol. The standard InChI is InChI=1S/C46H62O10/c1-26(2)38(49)54-44-14-32-9-33(18-44)37(46(52,15-32)23-44)7-28(4)40(51)56-45-19-34-16-41(21-45,24-47)17-35(20-45)36(34)6-27(3)39(50)55-43-12-30-8-31(13-43)11-42(10-30,22-43)25-53-29(5)48/h30-37,47,52H,1,3-4,6-25H2,2,5H3. The summed E-state index contributed by atoms with van der Waals surface area (Å²) in [4.78, 5) is 52.1. The van der Waals surface area contributed by atoms with Gasteiger partial charge in [-0.15, -0.1) is 0 Å². The van der Waals surface area contributed by atoms with Crippen molar-refractivity contribution in [3.63, 3.8) is 0 Å². The van der Waals surface area contributed by atoms with Gasteiger partial charge in [-0.3, -0.25) is 4.79 Å². The largest absolute Gasteiger partial charge is 0.465 e. The van der Waals surface area contributed by atoms with Gasteiger partial charge in [-0.1, -0.05) is 19.7 Å². The Morgan fingerprint density at radius 2 is 1.12 bits per heavy atom. The van der Waals surface area contributed by atoms with Gasteiger partial charge in [0, 0.05) is 42.1 Å². The zero-order valence-electron chi connectivity index (χ0n) is 33.5.